The number of nitrogens with zero attached hydrogens (tertiary/aromatic N) is 3. The molecule has 4 rings (SSSR count). The molecule has 0 radical (unpaired) electrons. The topological polar surface area (TPSA) is 81.2 Å². The first-order chi connectivity index (χ1) is 19.8. The van der Waals surface area contributed by atoms with Crippen molar-refractivity contribution < 1.29 is 19.5 Å². The Bertz CT molecular complexity index is 1100. The Morgan fingerprint density at radius 1 is 1.07 bits per heavy atom. The molecule has 2 bridgehead atoms. The van der Waals surface area contributed by atoms with Crippen LogP contribution in [0.15, 0.2) is 55.6 Å². The molecule has 3 heterocycles. The van der Waals surface area contributed by atoms with Crippen LogP contribution in [-0.4, -0.2) is 86.4 Å². The molecule has 1 aromatic carbocycles. The normalized spacial score (nSPS) is 28.0. The van der Waals surface area contributed by atoms with Gasteiger partial charge in [-0.1, -0.05) is 62.8 Å². The maximum absolute atomic E-state index is 14.4. The summed E-state index contributed by atoms with van der Waals surface area (Å²) in [5, 5.41) is 9.31. The van der Waals surface area contributed by atoms with Crippen LogP contribution < -0.4 is 0 Å². The van der Waals surface area contributed by atoms with Crippen molar-refractivity contribution in [3.8, 4) is 0 Å². The fraction of sp³-hybridized carbons (Fsp3) is 0.606. The number of rotatable bonds is 16. The lowest BCUT2D eigenvalue weighted by Crippen LogP contribution is -2.57. The summed E-state index contributed by atoms with van der Waals surface area (Å²) in [7, 11) is 0. The molecule has 224 valence electrons. The van der Waals surface area contributed by atoms with E-state index < -0.39 is 22.6 Å². The van der Waals surface area contributed by atoms with Crippen LogP contribution in [0.1, 0.15) is 57.9 Å². The predicted molar refractivity (Wildman–Crippen MR) is 165 cm³/mol. The summed E-state index contributed by atoms with van der Waals surface area (Å²) in [5.41, 5.74) is 1.04. The molecular weight excluding hydrogens is 534 g/mol. The lowest BCUT2D eigenvalue weighted by molar-refractivity contribution is -0.145. The van der Waals surface area contributed by atoms with E-state index in [1.165, 1.54) is 0 Å². The second-order valence-electron chi connectivity index (χ2n) is 11.8. The third kappa shape index (κ3) is 6.00. The van der Waals surface area contributed by atoms with E-state index in [-0.39, 0.29) is 35.5 Å². The van der Waals surface area contributed by atoms with E-state index in [1.54, 1.807) is 23.9 Å². The van der Waals surface area contributed by atoms with Gasteiger partial charge in [0.25, 0.3) is 0 Å². The largest absolute Gasteiger partial charge is 0.396 e. The highest BCUT2D eigenvalue weighted by Gasteiger charge is 2.76. The fourth-order valence-electron chi connectivity index (χ4n) is 7.26. The molecule has 3 saturated heterocycles. The molecule has 6 atom stereocenters. The van der Waals surface area contributed by atoms with E-state index >= 15 is 0 Å². The number of carbonyl (C=O) groups is 3. The number of thioether (sulfide) groups is 1. The minimum atomic E-state index is -0.631. The lowest BCUT2D eigenvalue weighted by Gasteiger charge is -2.41. The molecule has 7 nitrogen and oxygen atoms in total. The summed E-state index contributed by atoms with van der Waals surface area (Å²) in [6, 6.07) is 9.31. The van der Waals surface area contributed by atoms with Gasteiger partial charge in [0.2, 0.25) is 17.7 Å². The monoisotopic (exact) mass is 581 g/mol. The molecule has 3 unspecified atom stereocenters. The average molecular weight is 582 g/mol. The first-order valence-corrected chi connectivity index (χ1v) is 16.2. The number of likely N-dealkylation sites (tertiary alicyclic amines) is 1. The number of fused-ring (bicyclic) bond motifs is 1. The maximum atomic E-state index is 14.4. The first kappa shape index (κ1) is 31.4. The van der Waals surface area contributed by atoms with Crippen LogP contribution in [-0.2, 0) is 20.9 Å². The van der Waals surface area contributed by atoms with Gasteiger partial charge in [-0.2, -0.15) is 0 Å². The highest BCUT2D eigenvalue weighted by atomic mass is 32.2. The molecular formula is C33H47N3O4S. The molecule has 41 heavy (non-hydrogen) atoms. The van der Waals surface area contributed by atoms with Crippen LogP contribution in [0.2, 0.25) is 0 Å². The van der Waals surface area contributed by atoms with Crippen LogP contribution >= 0.6 is 11.8 Å². The Labute approximate surface area is 250 Å². The number of aliphatic hydroxyl groups is 1. The van der Waals surface area contributed by atoms with Gasteiger partial charge in [-0.05, 0) is 43.6 Å². The van der Waals surface area contributed by atoms with Gasteiger partial charge in [0, 0.05) is 44.6 Å². The molecule has 1 aromatic rings. The van der Waals surface area contributed by atoms with Crippen molar-refractivity contribution in [2.24, 2.45) is 17.8 Å². The molecule has 8 heteroatoms. The Kier molecular flexibility index (Phi) is 10.8. The summed E-state index contributed by atoms with van der Waals surface area (Å²) in [5.74, 6) is -0.948. The SMILES string of the molecule is C=CCN(CCCC)C(=O)C1N(CCCCCO)C(=O)[C@@H]2[C@H](C(=O)N(CC=C)Cc3ccccc3)[C@@H]3CC(C)C12S3. The summed E-state index contributed by atoms with van der Waals surface area (Å²) in [6.07, 6.45) is 8.34. The quantitative estimate of drug-likeness (QED) is 0.229. The smallest absolute Gasteiger partial charge is 0.247 e. The second-order valence-corrected chi connectivity index (χ2v) is 13.3. The zero-order valence-electron chi connectivity index (χ0n) is 24.7. The van der Waals surface area contributed by atoms with Crippen LogP contribution in [0.25, 0.3) is 0 Å². The Hall–Kier alpha value is -2.58. The van der Waals surface area contributed by atoms with Crippen molar-refractivity contribution in [1.29, 1.82) is 0 Å². The molecule has 3 aliphatic rings. The molecule has 0 aliphatic carbocycles. The Morgan fingerprint density at radius 3 is 2.44 bits per heavy atom. The zero-order valence-corrected chi connectivity index (χ0v) is 25.6. The summed E-state index contributed by atoms with van der Waals surface area (Å²) in [4.78, 5) is 48.7. The zero-order chi connectivity index (χ0) is 29.6. The van der Waals surface area contributed by atoms with Gasteiger partial charge in [0.05, 0.1) is 16.6 Å². The fourth-order valence-corrected chi connectivity index (χ4v) is 9.67. The molecule has 3 amide bonds. The number of hydrogen-bond acceptors (Lipinski definition) is 5. The minimum absolute atomic E-state index is 0.00451. The van der Waals surface area contributed by atoms with Crippen molar-refractivity contribution in [1.82, 2.24) is 14.7 Å². The van der Waals surface area contributed by atoms with Crippen molar-refractivity contribution in [2.75, 3.05) is 32.8 Å². The molecule has 1 N–H and O–H groups in total. The highest BCUT2D eigenvalue weighted by molar-refractivity contribution is 8.02. The first-order valence-electron chi connectivity index (χ1n) is 15.3. The van der Waals surface area contributed by atoms with E-state index in [1.807, 2.05) is 45.0 Å². The number of unbranched alkanes of at least 4 members (excludes halogenated alkanes) is 3. The van der Waals surface area contributed by atoms with Crippen LogP contribution in [0, 0.1) is 17.8 Å². The van der Waals surface area contributed by atoms with E-state index in [4.69, 9.17) is 0 Å². The van der Waals surface area contributed by atoms with Gasteiger partial charge in [-0.15, -0.1) is 24.9 Å². The molecule has 1 spiro atoms. The Morgan fingerprint density at radius 2 is 1.78 bits per heavy atom. The van der Waals surface area contributed by atoms with Gasteiger partial charge in [-0.3, -0.25) is 14.4 Å². The summed E-state index contributed by atoms with van der Waals surface area (Å²) >= 11 is 1.73. The molecule has 0 aromatic heterocycles. The second kappa shape index (κ2) is 14.1. The van der Waals surface area contributed by atoms with Crippen molar-refractivity contribution in [3.63, 3.8) is 0 Å². The maximum Gasteiger partial charge on any atom is 0.247 e. The number of carbonyl (C=O) groups excluding carboxylic acids is 3. The van der Waals surface area contributed by atoms with Crippen LogP contribution in [0.5, 0.6) is 0 Å². The van der Waals surface area contributed by atoms with Crippen LogP contribution in [0.3, 0.4) is 0 Å². The summed E-state index contributed by atoms with van der Waals surface area (Å²) < 4.78 is -0.631. The number of benzene rings is 1. The molecule has 0 saturated carbocycles. The molecule has 3 aliphatic heterocycles. The average Bonchev–Trinajstić information content (AvgIpc) is 3.56. The predicted octanol–water partition coefficient (Wildman–Crippen LogP) is 4.52. The van der Waals surface area contributed by atoms with Crippen LogP contribution in [0.4, 0.5) is 0 Å². The summed E-state index contributed by atoms with van der Waals surface area (Å²) in [6.45, 7) is 14.6. The number of hydrogen-bond donors (Lipinski definition) is 1. The third-order valence-electron chi connectivity index (χ3n) is 9.14. The molecule has 3 fully saturated rings. The highest BCUT2D eigenvalue weighted by Crippen LogP contribution is 2.69. The number of aliphatic hydroxyl groups excluding tert-OH is 1. The van der Waals surface area contributed by atoms with Gasteiger partial charge in [-0.25, -0.2) is 0 Å². The standard InChI is InChI=1S/C33H47N3O4S/c1-5-8-19-34(17-6-2)32(40)29-33-24(4)22-26(41-33)27(28(33)31(39)36(29)20-13-10-14-21-37)30(38)35(18-7-3)23-25-15-11-9-12-16-25/h6-7,9,11-12,15-16,24,26-29,37H,2-3,5,8,10,13-14,17-23H2,1,4H3/t24?,26-,27+,28-,29?,33?/m0/s1. The third-order valence-corrected chi connectivity index (χ3v) is 11.2. The van der Waals surface area contributed by atoms with E-state index in [2.05, 4.69) is 27.0 Å². The Balaban J connectivity index is 1.70. The van der Waals surface area contributed by atoms with Gasteiger partial charge < -0.3 is 19.8 Å². The van der Waals surface area contributed by atoms with E-state index in [0.717, 1.165) is 31.2 Å². The number of amides is 3. The minimum Gasteiger partial charge on any atom is -0.396 e. The van der Waals surface area contributed by atoms with Gasteiger partial charge in [0.1, 0.15) is 6.04 Å². The van der Waals surface area contributed by atoms with Crippen molar-refractivity contribution in [2.45, 2.75) is 75.0 Å². The van der Waals surface area contributed by atoms with Gasteiger partial charge >= 0.3 is 0 Å². The van der Waals surface area contributed by atoms with E-state index in [0.29, 0.717) is 45.6 Å². The van der Waals surface area contributed by atoms with Crippen molar-refractivity contribution >= 4 is 29.5 Å². The van der Waals surface area contributed by atoms with E-state index in [9.17, 15) is 19.5 Å². The lowest BCUT2D eigenvalue weighted by atomic mass is 9.65. The van der Waals surface area contributed by atoms with Gasteiger partial charge in [0.15, 0.2) is 0 Å². The van der Waals surface area contributed by atoms with Crippen molar-refractivity contribution in [3.05, 3.63) is 61.2 Å².